The number of rotatable bonds is 6. The van der Waals surface area contributed by atoms with Gasteiger partial charge in [0.25, 0.3) is 0 Å². The molecule has 0 saturated heterocycles. The average Bonchev–Trinajstić information content (AvgIpc) is 3.20. The van der Waals surface area contributed by atoms with Crippen LogP contribution >= 0.6 is 0 Å². The van der Waals surface area contributed by atoms with Crippen molar-refractivity contribution in [3.8, 4) is 5.69 Å². The molecule has 8 nitrogen and oxygen atoms in total. The summed E-state index contributed by atoms with van der Waals surface area (Å²) in [5.41, 5.74) is 4.25. The van der Waals surface area contributed by atoms with E-state index < -0.39 is 0 Å². The summed E-state index contributed by atoms with van der Waals surface area (Å²) in [7, 11) is 3.43. The Morgan fingerprint density at radius 1 is 1.26 bits per heavy atom. The van der Waals surface area contributed by atoms with E-state index in [1.54, 1.807) is 18.0 Å². The van der Waals surface area contributed by atoms with Crippen molar-refractivity contribution in [3.05, 3.63) is 59.7 Å². The number of para-hydroxylation sites is 2. The molecule has 0 aliphatic heterocycles. The van der Waals surface area contributed by atoms with Crippen LogP contribution < -0.4 is 10.6 Å². The van der Waals surface area contributed by atoms with Crippen LogP contribution in [-0.2, 0) is 11.8 Å². The third-order valence-electron chi connectivity index (χ3n) is 4.24. The Labute approximate surface area is 158 Å². The van der Waals surface area contributed by atoms with Crippen LogP contribution in [0.3, 0.4) is 0 Å². The Morgan fingerprint density at radius 2 is 2.04 bits per heavy atom. The van der Waals surface area contributed by atoms with Crippen LogP contribution in [0.25, 0.3) is 5.69 Å². The van der Waals surface area contributed by atoms with Crippen molar-refractivity contribution in [1.82, 2.24) is 24.9 Å². The lowest BCUT2D eigenvalue weighted by molar-refractivity contribution is 0.165. The molecule has 0 aliphatic rings. The van der Waals surface area contributed by atoms with Gasteiger partial charge in [0.2, 0.25) is 0 Å². The van der Waals surface area contributed by atoms with Crippen LogP contribution in [0.15, 0.2) is 42.6 Å². The SMILES string of the molecule is COC[C@@H](NC(=O)Nc1ccccc1-n1nc(C)cc1C)c1ccnn1C. The predicted octanol–water partition coefficient (Wildman–Crippen LogP) is 2.73. The highest BCUT2D eigenvalue weighted by atomic mass is 16.5. The minimum atomic E-state index is -0.327. The number of amides is 2. The van der Waals surface area contributed by atoms with Crippen molar-refractivity contribution in [3.63, 3.8) is 0 Å². The normalized spacial score (nSPS) is 12.0. The maximum Gasteiger partial charge on any atom is 0.319 e. The fourth-order valence-corrected chi connectivity index (χ4v) is 3.05. The van der Waals surface area contributed by atoms with Gasteiger partial charge in [-0.2, -0.15) is 10.2 Å². The first-order chi connectivity index (χ1) is 13.0. The van der Waals surface area contributed by atoms with Crippen molar-refractivity contribution in [2.24, 2.45) is 7.05 Å². The van der Waals surface area contributed by atoms with E-state index in [1.807, 2.05) is 62.0 Å². The van der Waals surface area contributed by atoms with Crippen molar-refractivity contribution < 1.29 is 9.53 Å². The summed E-state index contributed by atoms with van der Waals surface area (Å²) in [5, 5.41) is 14.5. The molecule has 142 valence electrons. The van der Waals surface area contributed by atoms with E-state index in [-0.39, 0.29) is 12.1 Å². The monoisotopic (exact) mass is 368 g/mol. The van der Waals surface area contributed by atoms with Gasteiger partial charge in [-0.25, -0.2) is 9.48 Å². The molecule has 3 rings (SSSR count). The molecule has 0 saturated carbocycles. The van der Waals surface area contributed by atoms with Gasteiger partial charge in [-0.1, -0.05) is 12.1 Å². The number of anilines is 1. The number of carbonyl (C=O) groups is 1. The molecule has 0 unspecified atom stereocenters. The van der Waals surface area contributed by atoms with Crippen LogP contribution in [0.2, 0.25) is 0 Å². The minimum Gasteiger partial charge on any atom is -0.382 e. The van der Waals surface area contributed by atoms with E-state index in [0.717, 1.165) is 22.8 Å². The third kappa shape index (κ3) is 4.17. The molecule has 8 heteroatoms. The molecular weight excluding hydrogens is 344 g/mol. The highest BCUT2D eigenvalue weighted by Gasteiger charge is 2.18. The number of methoxy groups -OCH3 is 1. The van der Waals surface area contributed by atoms with E-state index in [0.29, 0.717) is 12.3 Å². The Hall–Kier alpha value is -3.13. The first-order valence-electron chi connectivity index (χ1n) is 8.66. The van der Waals surface area contributed by atoms with Gasteiger partial charge < -0.3 is 15.4 Å². The molecule has 0 radical (unpaired) electrons. The number of nitrogens with one attached hydrogen (secondary N) is 2. The van der Waals surface area contributed by atoms with Gasteiger partial charge in [0.15, 0.2) is 0 Å². The van der Waals surface area contributed by atoms with E-state index in [1.165, 1.54) is 0 Å². The zero-order valence-electron chi connectivity index (χ0n) is 15.9. The van der Waals surface area contributed by atoms with Crippen molar-refractivity contribution in [2.45, 2.75) is 19.9 Å². The molecule has 0 fully saturated rings. The van der Waals surface area contributed by atoms with Gasteiger partial charge in [0.05, 0.1) is 35.4 Å². The van der Waals surface area contributed by atoms with Gasteiger partial charge in [-0.3, -0.25) is 4.68 Å². The standard InChI is InChI=1S/C19H24N6O2/c1-13-11-14(2)25(23-13)18-8-6-5-7-15(18)21-19(26)22-16(12-27-4)17-9-10-20-24(17)3/h5-11,16H,12H2,1-4H3,(H2,21,22,26)/t16-/m1/s1. The fourth-order valence-electron chi connectivity index (χ4n) is 3.05. The second-order valence-corrected chi connectivity index (χ2v) is 6.34. The molecule has 2 aromatic heterocycles. The number of aromatic nitrogens is 4. The molecule has 0 bridgehead atoms. The molecule has 0 aliphatic carbocycles. The lowest BCUT2D eigenvalue weighted by Crippen LogP contribution is -2.36. The van der Waals surface area contributed by atoms with Gasteiger partial charge in [-0.05, 0) is 38.1 Å². The Bertz CT molecular complexity index is 930. The minimum absolute atomic E-state index is 0.316. The number of benzene rings is 1. The molecule has 1 aromatic carbocycles. The Morgan fingerprint density at radius 3 is 2.67 bits per heavy atom. The molecule has 2 N–H and O–H groups in total. The lowest BCUT2D eigenvalue weighted by Gasteiger charge is -2.19. The fraction of sp³-hybridized carbons (Fsp3) is 0.316. The molecule has 0 spiro atoms. The predicted molar refractivity (Wildman–Crippen MR) is 103 cm³/mol. The van der Waals surface area contributed by atoms with Crippen LogP contribution in [0, 0.1) is 13.8 Å². The number of hydrogen-bond donors (Lipinski definition) is 2. The summed E-state index contributed by atoms with van der Waals surface area (Å²) in [4.78, 5) is 12.6. The summed E-state index contributed by atoms with van der Waals surface area (Å²) in [6.07, 6.45) is 1.69. The molecule has 27 heavy (non-hydrogen) atoms. The van der Waals surface area contributed by atoms with Crippen molar-refractivity contribution in [1.29, 1.82) is 0 Å². The first kappa shape index (κ1) is 18.7. The van der Waals surface area contributed by atoms with Crippen LogP contribution in [-0.4, -0.2) is 39.3 Å². The maximum atomic E-state index is 12.6. The number of carbonyl (C=O) groups excluding carboxylic acids is 1. The zero-order valence-corrected chi connectivity index (χ0v) is 15.9. The smallest absolute Gasteiger partial charge is 0.319 e. The summed E-state index contributed by atoms with van der Waals surface area (Å²) >= 11 is 0. The zero-order chi connectivity index (χ0) is 19.4. The summed E-state index contributed by atoms with van der Waals surface area (Å²) < 4.78 is 8.78. The molecule has 1 atom stereocenters. The number of hydrogen-bond acceptors (Lipinski definition) is 4. The second kappa shape index (κ2) is 8.05. The molecule has 2 amide bonds. The van der Waals surface area contributed by atoms with Gasteiger partial charge in [0.1, 0.15) is 0 Å². The summed E-state index contributed by atoms with van der Waals surface area (Å²) in [6, 6.07) is 10.8. The third-order valence-corrected chi connectivity index (χ3v) is 4.24. The van der Waals surface area contributed by atoms with Crippen molar-refractivity contribution >= 4 is 11.7 Å². The van der Waals surface area contributed by atoms with Crippen LogP contribution in [0.4, 0.5) is 10.5 Å². The highest BCUT2D eigenvalue weighted by molar-refractivity contribution is 5.91. The first-order valence-corrected chi connectivity index (χ1v) is 8.66. The number of nitrogens with zero attached hydrogens (tertiary/aromatic N) is 4. The highest BCUT2D eigenvalue weighted by Crippen LogP contribution is 2.22. The van der Waals surface area contributed by atoms with Gasteiger partial charge in [-0.15, -0.1) is 0 Å². The number of aryl methyl sites for hydroxylation is 3. The van der Waals surface area contributed by atoms with Crippen LogP contribution in [0.5, 0.6) is 0 Å². The summed E-state index contributed by atoms with van der Waals surface area (Å²) in [6.45, 7) is 4.26. The van der Waals surface area contributed by atoms with E-state index in [9.17, 15) is 4.79 Å². The van der Waals surface area contributed by atoms with Gasteiger partial charge in [0, 0.05) is 26.0 Å². The Kier molecular flexibility index (Phi) is 5.56. The number of ether oxygens (including phenoxy) is 1. The second-order valence-electron chi connectivity index (χ2n) is 6.34. The quantitative estimate of drug-likeness (QED) is 0.700. The average molecular weight is 368 g/mol. The van der Waals surface area contributed by atoms with E-state index in [2.05, 4.69) is 20.8 Å². The number of urea groups is 1. The molecule has 3 aromatic rings. The van der Waals surface area contributed by atoms with E-state index in [4.69, 9.17) is 4.74 Å². The van der Waals surface area contributed by atoms with E-state index >= 15 is 0 Å². The summed E-state index contributed by atoms with van der Waals surface area (Å²) in [5.74, 6) is 0. The molecule has 2 heterocycles. The van der Waals surface area contributed by atoms with Crippen LogP contribution in [0.1, 0.15) is 23.1 Å². The van der Waals surface area contributed by atoms with Gasteiger partial charge >= 0.3 is 6.03 Å². The molecular formula is C19H24N6O2. The Balaban J connectivity index is 1.80. The topological polar surface area (TPSA) is 86.0 Å². The van der Waals surface area contributed by atoms with Crippen molar-refractivity contribution in [2.75, 3.05) is 19.0 Å². The maximum absolute atomic E-state index is 12.6. The largest absolute Gasteiger partial charge is 0.382 e. The lowest BCUT2D eigenvalue weighted by atomic mass is 10.2.